The minimum atomic E-state index is -0.932. The normalized spacial score (nSPS) is 9.38. The van der Waals surface area contributed by atoms with Crippen LogP contribution >= 0.6 is 12.6 Å². The number of hydrogen-bond acceptors (Lipinski definition) is 2. The molecule has 1 aromatic carbocycles. The molecule has 0 saturated heterocycles. The quantitative estimate of drug-likeness (QED) is 0.625. The number of carbonyl (C=O) groups is 1. The summed E-state index contributed by atoms with van der Waals surface area (Å²) >= 11 is 3.92. The zero-order chi connectivity index (χ0) is 12.0. The van der Waals surface area contributed by atoms with E-state index in [0.29, 0.717) is 16.9 Å². The summed E-state index contributed by atoms with van der Waals surface area (Å²) in [6.07, 6.45) is 0.125. The first-order valence-electron chi connectivity index (χ1n) is 4.73. The van der Waals surface area contributed by atoms with Crippen LogP contribution in [0.1, 0.15) is 17.5 Å². The number of carboxylic acids is 1. The Morgan fingerprint density at radius 1 is 1.50 bits per heavy atom. The number of aryl methyl sites for hydroxylation is 1. The molecule has 0 bridgehead atoms. The van der Waals surface area contributed by atoms with E-state index in [1.165, 1.54) is 6.07 Å². The standard InChI is InChI=1S/C12H11FO2S/c13-11-8-9(2-1-7-16)3-4-10(11)5-6-12(14)15/h3-4,8,16H,5-7H2,(H,14,15). The van der Waals surface area contributed by atoms with Gasteiger partial charge in [0.15, 0.2) is 0 Å². The Morgan fingerprint density at radius 3 is 2.81 bits per heavy atom. The van der Waals surface area contributed by atoms with Crippen molar-refractivity contribution >= 4 is 18.6 Å². The number of rotatable bonds is 3. The molecule has 84 valence electrons. The van der Waals surface area contributed by atoms with Crippen molar-refractivity contribution in [2.75, 3.05) is 5.75 Å². The van der Waals surface area contributed by atoms with E-state index < -0.39 is 11.8 Å². The van der Waals surface area contributed by atoms with Gasteiger partial charge in [0, 0.05) is 12.0 Å². The van der Waals surface area contributed by atoms with Crippen LogP contribution in [-0.4, -0.2) is 16.8 Å². The van der Waals surface area contributed by atoms with Crippen molar-refractivity contribution in [2.45, 2.75) is 12.8 Å². The summed E-state index contributed by atoms with van der Waals surface area (Å²) in [6.45, 7) is 0. The number of halogens is 1. The van der Waals surface area contributed by atoms with Crippen LogP contribution in [0, 0.1) is 17.7 Å². The second-order valence-corrected chi connectivity index (χ2v) is 3.48. The van der Waals surface area contributed by atoms with Crippen LogP contribution in [0.4, 0.5) is 4.39 Å². The Hall–Kier alpha value is -1.47. The van der Waals surface area contributed by atoms with Crippen LogP contribution in [0.15, 0.2) is 18.2 Å². The van der Waals surface area contributed by atoms with Crippen LogP contribution < -0.4 is 0 Å². The van der Waals surface area contributed by atoms with E-state index in [1.807, 2.05) is 0 Å². The van der Waals surface area contributed by atoms with Gasteiger partial charge in [-0.2, -0.15) is 12.6 Å². The summed E-state index contributed by atoms with van der Waals surface area (Å²) in [7, 11) is 0. The van der Waals surface area contributed by atoms with Gasteiger partial charge in [-0.1, -0.05) is 17.9 Å². The van der Waals surface area contributed by atoms with Crippen LogP contribution in [0.2, 0.25) is 0 Å². The maximum atomic E-state index is 13.4. The number of hydrogen-bond donors (Lipinski definition) is 2. The van der Waals surface area contributed by atoms with Gasteiger partial charge >= 0.3 is 5.97 Å². The molecular formula is C12H11FO2S. The molecule has 0 spiro atoms. The van der Waals surface area contributed by atoms with Crippen molar-refractivity contribution in [3.8, 4) is 11.8 Å². The summed E-state index contributed by atoms with van der Waals surface area (Å²) in [5.41, 5.74) is 0.976. The number of thiol groups is 1. The van der Waals surface area contributed by atoms with Crippen molar-refractivity contribution in [2.24, 2.45) is 0 Å². The van der Waals surface area contributed by atoms with E-state index in [-0.39, 0.29) is 12.8 Å². The minimum absolute atomic E-state index is 0.0708. The van der Waals surface area contributed by atoms with Crippen LogP contribution in [0.3, 0.4) is 0 Å². The van der Waals surface area contributed by atoms with E-state index in [9.17, 15) is 9.18 Å². The maximum absolute atomic E-state index is 13.4. The van der Waals surface area contributed by atoms with Crippen LogP contribution in [0.5, 0.6) is 0 Å². The van der Waals surface area contributed by atoms with E-state index in [0.717, 1.165) is 0 Å². The number of carboxylic acid groups (broad SMARTS) is 1. The fourth-order valence-electron chi connectivity index (χ4n) is 1.21. The van der Waals surface area contributed by atoms with E-state index in [2.05, 4.69) is 24.5 Å². The van der Waals surface area contributed by atoms with Gasteiger partial charge in [0.1, 0.15) is 5.82 Å². The molecule has 1 N–H and O–H groups in total. The number of benzene rings is 1. The van der Waals surface area contributed by atoms with Gasteiger partial charge in [-0.05, 0) is 24.1 Å². The monoisotopic (exact) mass is 238 g/mol. The van der Waals surface area contributed by atoms with E-state index in [1.54, 1.807) is 12.1 Å². The molecule has 0 amide bonds. The van der Waals surface area contributed by atoms with Crippen molar-refractivity contribution in [1.29, 1.82) is 0 Å². The van der Waals surface area contributed by atoms with Gasteiger partial charge in [0.05, 0.1) is 5.75 Å². The molecule has 0 aliphatic rings. The largest absolute Gasteiger partial charge is 0.481 e. The average molecular weight is 238 g/mol. The molecule has 0 saturated carbocycles. The van der Waals surface area contributed by atoms with Crippen molar-refractivity contribution in [3.63, 3.8) is 0 Å². The minimum Gasteiger partial charge on any atom is -0.481 e. The van der Waals surface area contributed by atoms with Gasteiger partial charge in [0.2, 0.25) is 0 Å². The predicted molar refractivity (Wildman–Crippen MR) is 63.1 cm³/mol. The summed E-state index contributed by atoms with van der Waals surface area (Å²) < 4.78 is 13.4. The highest BCUT2D eigenvalue weighted by molar-refractivity contribution is 7.80. The van der Waals surface area contributed by atoms with Crippen molar-refractivity contribution in [1.82, 2.24) is 0 Å². The second kappa shape index (κ2) is 6.19. The zero-order valence-electron chi connectivity index (χ0n) is 8.53. The van der Waals surface area contributed by atoms with Gasteiger partial charge < -0.3 is 5.11 Å². The fraction of sp³-hybridized carbons (Fsp3) is 0.250. The Labute approximate surface area is 98.9 Å². The summed E-state index contributed by atoms with van der Waals surface area (Å²) in [5.74, 6) is 4.54. The molecule has 0 aliphatic carbocycles. The third-order valence-electron chi connectivity index (χ3n) is 1.97. The first-order valence-corrected chi connectivity index (χ1v) is 5.36. The lowest BCUT2D eigenvalue weighted by Crippen LogP contribution is -1.99. The molecule has 0 unspecified atom stereocenters. The lowest BCUT2D eigenvalue weighted by Gasteiger charge is -2.01. The highest BCUT2D eigenvalue weighted by Crippen LogP contribution is 2.11. The fourth-order valence-corrected chi connectivity index (χ4v) is 1.29. The Bertz CT molecular complexity index is 446. The van der Waals surface area contributed by atoms with Crippen LogP contribution in [0.25, 0.3) is 0 Å². The van der Waals surface area contributed by atoms with Gasteiger partial charge in [-0.25, -0.2) is 4.39 Å². The van der Waals surface area contributed by atoms with Crippen molar-refractivity contribution < 1.29 is 14.3 Å². The SMILES string of the molecule is O=C(O)CCc1ccc(C#CCS)cc1F. The summed E-state index contributed by atoms with van der Waals surface area (Å²) in [6, 6.07) is 4.56. The number of aliphatic carboxylic acids is 1. The first-order chi connectivity index (χ1) is 7.63. The molecule has 4 heteroatoms. The smallest absolute Gasteiger partial charge is 0.303 e. The third kappa shape index (κ3) is 3.95. The molecule has 1 aromatic rings. The molecule has 2 nitrogen and oxygen atoms in total. The van der Waals surface area contributed by atoms with E-state index in [4.69, 9.17) is 5.11 Å². The first kappa shape index (κ1) is 12.6. The highest BCUT2D eigenvalue weighted by Gasteiger charge is 2.05. The summed E-state index contributed by atoms with van der Waals surface area (Å²) in [5, 5.41) is 8.48. The molecule has 0 fully saturated rings. The molecular weight excluding hydrogens is 227 g/mol. The third-order valence-corrected chi connectivity index (χ3v) is 2.13. The van der Waals surface area contributed by atoms with Gasteiger partial charge in [-0.3, -0.25) is 4.79 Å². The maximum Gasteiger partial charge on any atom is 0.303 e. The topological polar surface area (TPSA) is 37.3 Å². The average Bonchev–Trinajstić information content (AvgIpc) is 2.24. The van der Waals surface area contributed by atoms with Crippen LogP contribution in [-0.2, 0) is 11.2 Å². The molecule has 0 aliphatic heterocycles. The van der Waals surface area contributed by atoms with E-state index >= 15 is 0 Å². The van der Waals surface area contributed by atoms with Gasteiger partial charge in [0.25, 0.3) is 0 Å². The molecule has 0 radical (unpaired) electrons. The lowest BCUT2D eigenvalue weighted by molar-refractivity contribution is -0.136. The lowest BCUT2D eigenvalue weighted by atomic mass is 10.1. The van der Waals surface area contributed by atoms with Crippen molar-refractivity contribution in [3.05, 3.63) is 35.1 Å². The second-order valence-electron chi connectivity index (χ2n) is 3.16. The van der Waals surface area contributed by atoms with Gasteiger partial charge in [-0.15, -0.1) is 0 Å². The molecule has 0 aromatic heterocycles. The molecule has 0 heterocycles. The molecule has 0 atom stereocenters. The Kier molecular flexibility index (Phi) is 4.87. The Balaban J connectivity index is 2.79. The summed E-state index contributed by atoms with van der Waals surface area (Å²) in [4.78, 5) is 10.3. The highest BCUT2D eigenvalue weighted by atomic mass is 32.1. The Morgan fingerprint density at radius 2 is 2.25 bits per heavy atom. The molecule has 16 heavy (non-hydrogen) atoms. The predicted octanol–water partition coefficient (Wildman–Crippen LogP) is 2.12. The molecule has 1 rings (SSSR count). The zero-order valence-corrected chi connectivity index (χ0v) is 9.43.